The first-order chi connectivity index (χ1) is 9.24. The number of rotatable bonds is 2. The molecular formula is C13H13ClN4O. The van der Waals surface area contributed by atoms with Gasteiger partial charge in [-0.15, -0.1) is 0 Å². The summed E-state index contributed by atoms with van der Waals surface area (Å²) in [5, 5.41) is 8.89. The summed E-state index contributed by atoms with van der Waals surface area (Å²) in [6.45, 7) is 1.38. The van der Waals surface area contributed by atoms with E-state index >= 15 is 0 Å². The Morgan fingerprint density at radius 3 is 2.58 bits per heavy atom. The average Bonchev–Trinajstić information content (AvgIpc) is 3.10. The van der Waals surface area contributed by atoms with E-state index in [0.717, 1.165) is 13.0 Å². The number of amides is 1. The van der Waals surface area contributed by atoms with Crippen LogP contribution >= 0.6 is 11.6 Å². The molecule has 1 aromatic heterocycles. The predicted molar refractivity (Wildman–Crippen MR) is 71.0 cm³/mol. The fourth-order valence-corrected chi connectivity index (χ4v) is 2.43. The Labute approximate surface area is 115 Å². The molecule has 2 aromatic rings. The second kappa shape index (κ2) is 5.01. The lowest BCUT2D eigenvalue weighted by Crippen LogP contribution is -2.29. The van der Waals surface area contributed by atoms with Crippen molar-refractivity contribution in [3.63, 3.8) is 0 Å². The summed E-state index contributed by atoms with van der Waals surface area (Å²) in [6, 6.07) is 7.15. The number of carbonyl (C=O) groups excluding carboxylic acids is 1. The van der Waals surface area contributed by atoms with Crippen LogP contribution in [-0.2, 0) is 0 Å². The molecule has 1 aliphatic heterocycles. The zero-order valence-electron chi connectivity index (χ0n) is 10.2. The number of aromatic nitrogens is 3. The third-order valence-electron chi connectivity index (χ3n) is 3.30. The first-order valence-electron chi connectivity index (χ1n) is 6.14. The van der Waals surface area contributed by atoms with Gasteiger partial charge in [-0.3, -0.25) is 4.79 Å². The van der Waals surface area contributed by atoms with Crippen molar-refractivity contribution in [3.05, 3.63) is 47.2 Å². The minimum absolute atomic E-state index is 0.0336. The van der Waals surface area contributed by atoms with Gasteiger partial charge in [0.2, 0.25) is 0 Å². The highest BCUT2D eigenvalue weighted by Gasteiger charge is 2.28. The van der Waals surface area contributed by atoms with Crippen LogP contribution in [0.25, 0.3) is 0 Å². The van der Waals surface area contributed by atoms with Gasteiger partial charge in [0.25, 0.3) is 5.91 Å². The van der Waals surface area contributed by atoms with Gasteiger partial charge in [-0.1, -0.05) is 11.6 Å². The van der Waals surface area contributed by atoms with Crippen LogP contribution in [0, 0.1) is 0 Å². The number of benzene rings is 1. The highest BCUT2D eigenvalue weighted by Crippen LogP contribution is 2.22. The van der Waals surface area contributed by atoms with E-state index in [9.17, 15) is 4.79 Å². The molecule has 1 amide bonds. The summed E-state index contributed by atoms with van der Waals surface area (Å²) in [6.07, 6.45) is 4.20. The molecule has 1 atom stereocenters. The number of hydrogen-bond donors (Lipinski definition) is 0. The van der Waals surface area contributed by atoms with Crippen LogP contribution in [0.4, 0.5) is 0 Å². The molecule has 5 nitrogen and oxygen atoms in total. The Balaban J connectivity index is 1.71. The maximum atomic E-state index is 12.3. The molecule has 0 aliphatic carbocycles. The summed E-state index contributed by atoms with van der Waals surface area (Å²) in [4.78, 5) is 15.8. The topological polar surface area (TPSA) is 51.0 Å². The number of likely N-dealkylation sites (tertiary alicyclic amines) is 1. The van der Waals surface area contributed by atoms with Gasteiger partial charge in [-0.2, -0.15) is 15.0 Å². The molecular weight excluding hydrogens is 264 g/mol. The SMILES string of the molecule is O=C(c1ccc(Cl)cc1)N1CCC(n2nccn2)C1. The third-order valence-corrected chi connectivity index (χ3v) is 3.56. The third kappa shape index (κ3) is 2.46. The number of halogens is 1. The van der Waals surface area contributed by atoms with E-state index in [4.69, 9.17) is 11.6 Å². The Morgan fingerprint density at radius 1 is 1.21 bits per heavy atom. The van der Waals surface area contributed by atoms with Crippen molar-refractivity contribution in [2.75, 3.05) is 13.1 Å². The lowest BCUT2D eigenvalue weighted by atomic mass is 10.2. The summed E-state index contributed by atoms with van der Waals surface area (Å²) in [7, 11) is 0. The Morgan fingerprint density at radius 2 is 1.89 bits per heavy atom. The molecule has 3 rings (SSSR count). The van der Waals surface area contributed by atoms with E-state index < -0.39 is 0 Å². The van der Waals surface area contributed by atoms with Crippen molar-refractivity contribution >= 4 is 17.5 Å². The molecule has 6 heteroatoms. The fourth-order valence-electron chi connectivity index (χ4n) is 2.30. The molecule has 1 fully saturated rings. The van der Waals surface area contributed by atoms with E-state index in [-0.39, 0.29) is 11.9 Å². The maximum absolute atomic E-state index is 12.3. The minimum atomic E-state index is 0.0336. The Kier molecular flexibility index (Phi) is 3.21. The number of nitrogens with zero attached hydrogens (tertiary/aromatic N) is 4. The summed E-state index contributed by atoms with van der Waals surface area (Å²) < 4.78 is 0. The summed E-state index contributed by atoms with van der Waals surface area (Å²) in [5.74, 6) is 0.0336. The molecule has 1 unspecified atom stereocenters. The molecule has 0 N–H and O–H groups in total. The van der Waals surface area contributed by atoms with Crippen LogP contribution in [0.1, 0.15) is 22.8 Å². The van der Waals surface area contributed by atoms with Gasteiger partial charge >= 0.3 is 0 Å². The summed E-state index contributed by atoms with van der Waals surface area (Å²) >= 11 is 5.82. The zero-order chi connectivity index (χ0) is 13.2. The van der Waals surface area contributed by atoms with Crippen molar-refractivity contribution in [1.82, 2.24) is 19.9 Å². The number of hydrogen-bond acceptors (Lipinski definition) is 3. The highest BCUT2D eigenvalue weighted by atomic mass is 35.5. The molecule has 0 spiro atoms. The van der Waals surface area contributed by atoms with Gasteiger partial charge in [0, 0.05) is 23.7 Å². The van der Waals surface area contributed by atoms with E-state index in [0.29, 0.717) is 17.1 Å². The Hall–Kier alpha value is -1.88. The van der Waals surface area contributed by atoms with Gasteiger partial charge in [0.05, 0.1) is 18.4 Å². The van der Waals surface area contributed by atoms with Crippen molar-refractivity contribution < 1.29 is 4.79 Å². The monoisotopic (exact) mass is 276 g/mol. The van der Waals surface area contributed by atoms with Crippen LogP contribution in [0.3, 0.4) is 0 Å². The van der Waals surface area contributed by atoms with Gasteiger partial charge < -0.3 is 4.90 Å². The van der Waals surface area contributed by atoms with Gasteiger partial charge in [-0.25, -0.2) is 0 Å². The molecule has 98 valence electrons. The standard InChI is InChI=1S/C13H13ClN4O/c14-11-3-1-10(2-4-11)13(19)17-8-5-12(9-17)18-15-6-7-16-18/h1-4,6-7,12H,5,8-9H2. The smallest absolute Gasteiger partial charge is 0.253 e. The second-order valence-electron chi connectivity index (χ2n) is 4.55. The van der Waals surface area contributed by atoms with Crippen LogP contribution in [0.5, 0.6) is 0 Å². The quantitative estimate of drug-likeness (QED) is 0.843. The van der Waals surface area contributed by atoms with Crippen molar-refractivity contribution in [1.29, 1.82) is 0 Å². The predicted octanol–water partition coefficient (Wildman–Crippen LogP) is 2.02. The Bertz CT molecular complexity index is 567. The van der Waals surface area contributed by atoms with E-state index in [2.05, 4.69) is 10.2 Å². The molecule has 1 aromatic carbocycles. The van der Waals surface area contributed by atoms with Crippen molar-refractivity contribution in [3.8, 4) is 0 Å². The molecule has 19 heavy (non-hydrogen) atoms. The summed E-state index contributed by atoms with van der Waals surface area (Å²) in [5.41, 5.74) is 0.665. The average molecular weight is 277 g/mol. The van der Waals surface area contributed by atoms with Crippen LogP contribution in [0.2, 0.25) is 5.02 Å². The zero-order valence-corrected chi connectivity index (χ0v) is 11.0. The van der Waals surface area contributed by atoms with Crippen LogP contribution in [0.15, 0.2) is 36.7 Å². The largest absolute Gasteiger partial charge is 0.336 e. The lowest BCUT2D eigenvalue weighted by Gasteiger charge is -2.16. The first kappa shape index (κ1) is 12.2. The number of carbonyl (C=O) groups is 1. The van der Waals surface area contributed by atoms with Gasteiger partial charge in [-0.05, 0) is 30.7 Å². The van der Waals surface area contributed by atoms with E-state index in [1.165, 1.54) is 0 Å². The molecule has 0 saturated carbocycles. The fraction of sp³-hybridized carbons (Fsp3) is 0.308. The second-order valence-corrected chi connectivity index (χ2v) is 4.99. The first-order valence-corrected chi connectivity index (χ1v) is 6.52. The maximum Gasteiger partial charge on any atom is 0.253 e. The highest BCUT2D eigenvalue weighted by molar-refractivity contribution is 6.30. The van der Waals surface area contributed by atoms with Gasteiger partial charge in [0.1, 0.15) is 0 Å². The van der Waals surface area contributed by atoms with Crippen molar-refractivity contribution in [2.24, 2.45) is 0 Å². The molecule has 1 aliphatic rings. The van der Waals surface area contributed by atoms with Gasteiger partial charge in [0.15, 0.2) is 0 Å². The molecule has 1 saturated heterocycles. The normalized spacial score (nSPS) is 18.8. The molecule has 0 bridgehead atoms. The minimum Gasteiger partial charge on any atom is -0.336 e. The van der Waals surface area contributed by atoms with Crippen molar-refractivity contribution in [2.45, 2.75) is 12.5 Å². The van der Waals surface area contributed by atoms with Crippen LogP contribution < -0.4 is 0 Å². The van der Waals surface area contributed by atoms with E-state index in [1.54, 1.807) is 41.5 Å². The van der Waals surface area contributed by atoms with Crippen LogP contribution in [-0.4, -0.2) is 38.9 Å². The lowest BCUT2D eigenvalue weighted by molar-refractivity contribution is 0.0786. The van der Waals surface area contributed by atoms with E-state index in [1.807, 2.05) is 4.90 Å². The molecule has 2 heterocycles. The molecule has 0 radical (unpaired) electrons.